The minimum absolute atomic E-state index is 0.0501. The third-order valence-electron chi connectivity index (χ3n) is 23.9. The van der Waals surface area contributed by atoms with Gasteiger partial charge in [0.2, 0.25) is 94.5 Å². The third-order valence-corrected chi connectivity index (χ3v) is 24.6. The van der Waals surface area contributed by atoms with Gasteiger partial charge in [0.1, 0.15) is 102 Å². The Labute approximate surface area is 848 Å². The van der Waals surface area contributed by atoms with Crippen LogP contribution >= 0.6 is 25.3 Å². The van der Waals surface area contributed by atoms with E-state index in [1.165, 1.54) is 48.5 Å². The number of nitrogens with two attached hydrogens (primary N) is 3. The van der Waals surface area contributed by atoms with E-state index in [9.17, 15) is 132 Å². The van der Waals surface area contributed by atoms with E-state index in [4.69, 9.17) is 17.2 Å². The van der Waals surface area contributed by atoms with Crippen molar-refractivity contribution in [2.24, 2.45) is 23.1 Å². The summed E-state index contributed by atoms with van der Waals surface area (Å²) >= 11 is 8.37. The highest BCUT2D eigenvalue weighted by atomic mass is 32.1. The zero-order chi connectivity index (χ0) is 107. The van der Waals surface area contributed by atoms with Crippen molar-refractivity contribution in [2.45, 2.75) is 240 Å². The number of carbonyl (C=O) groups excluding carboxylic acids is 16. The molecule has 0 unspecified atom stereocenters. The van der Waals surface area contributed by atoms with Gasteiger partial charge in [-0.15, -0.1) is 0 Å². The Bertz CT molecular complexity index is 5790. The van der Waals surface area contributed by atoms with Crippen LogP contribution in [-0.4, -0.2) is 296 Å². The first-order chi connectivity index (χ1) is 69.3. The molecule has 49 heteroatoms. The Morgan fingerprint density at radius 1 is 0.404 bits per heavy atom. The maximum atomic E-state index is 15.0. The number of H-pyrrole nitrogens is 2. The van der Waals surface area contributed by atoms with Gasteiger partial charge in [-0.1, -0.05) is 111 Å². The molecule has 0 spiro atoms. The maximum absolute atomic E-state index is 15.0. The molecule has 788 valence electrons. The van der Waals surface area contributed by atoms with Crippen LogP contribution in [0.15, 0.2) is 140 Å². The summed E-state index contributed by atoms with van der Waals surface area (Å²) in [5, 5.41) is 107. The lowest BCUT2D eigenvalue weighted by Gasteiger charge is -2.30. The largest absolute Gasteiger partial charge is 0.508 e. The number of benzene rings is 5. The number of unbranched alkanes of at least 4 members (excludes halogenated alkanes) is 1. The standard InChI is InChI=1S/C97H126N20O27S2/c1-49(2)37-66(107-83(129)61(99)19-12-13-35-98)87(133)109-68(38-52-15-6-5-7-16-52)89(135)110-70(41-55-45-101-62-20-10-8-17-59(55)62)90(136)114-74(47-145)93(139)116-81(51(4)118)95(141)112-69(40-54-25-29-58(120)30-26-54)88(134)104-64(31-33-78(122)123)84(130)111-72(44-80(126)127)92(138)108-67(39-53-23-27-57(119)28-24-53)86(132)103-50(3)82(128)106-71(43-77(100)121)91(137)105-65(32-34-79(124)125)85(131)113-73(42-56-46-102-63-21-11-9-18-60(56)63)96(142)117-36-14-22-76(117)94(140)115-75(48-146)97(143)144/h5-11,15-18,20-21,23-30,45-46,49-51,61,64-76,81,101-102,118-120,145-146H,12-14,19,22,31-44,47-48,98-99H2,1-4H3,(H2,100,121)(H,103,132)(H,104,134)(H,105,137)(H,106,128)(H,107,129)(H,108,138)(H,109,133)(H,110,135)(H,111,130)(H,112,141)(H,113,131)(H,114,136)(H,115,140)(H,116,139)(H,122,123)(H,124,125)(H,126,127)(H,143,144)/t50-,51+,61-,64-,65-,66-,67-,68-,69-,70-,71-,72-,73-,74-,75-,76-,81-/m0/s1. The van der Waals surface area contributed by atoms with Crippen LogP contribution in [0.4, 0.5) is 0 Å². The molecule has 8 rings (SSSR count). The molecule has 1 aliphatic heterocycles. The SMILES string of the molecule is CC(C)C[C@H](NC(=O)[C@@H](N)CCCCN)C(=O)N[C@@H](Cc1ccccc1)C(=O)N[C@@H](Cc1c[nH]c2ccccc12)C(=O)N[C@@H](CS)C(=O)N[C@H](C(=O)N[C@@H](Cc1ccc(O)cc1)C(=O)N[C@@H](CCC(=O)O)C(=O)N[C@@H](CC(=O)O)C(=O)N[C@@H](Cc1ccc(O)cc1)C(=O)N[C@@H](C)C(=O)N[C@@H](CC(N)=O)C(=O)N[C@@H](CCC(=O)O)C(=O)N[C@@H](Cc1c[nH]c2ccccc12)C(=O)N1CCC[C@H]1C(=O)N[C@@H](CS)C(=O)O)[C@@H](C)O. The molecule has 2 aromatic heterocycles. The number of aliphatic hydroxyl groups excluding tert-OH is 1. The van der Waals surface area contributed by atoms with Crippen molar-refractivity contribution < 1.29 is 132 Å². The van der Waals surface area contributed by atoms with Gasteiger partial charge in [0.05, 0.1) is 25.0 Å². The fourth-order valence-corrected chi connectivity index (χ4v) is 16.6. The number of para-hydroxylation sites is 2. The van der Waals surface area contributed by atoms with Gasteiger partial charge in [-0.25, -0.2) is 4.79 Å². The topological polar surface area (TPSA) is 764 Å². The number of primary amides is 1. The van der Waals surface area contributed by atoms with Gasteiger partial charge in [0, 0.05) is 97.2 Å². The summed E-state index contributed by atoms with van der Waals surface area (Å²) in [6.07, 6.45) is -4.45. The van der Waals surface area contributed by atoms with Crippen LogP contribution in [0.5, 0.6) is 11.5 Å². The minimum Gasteiger partial charge on any atom is -0.508 e. The number of hydrogen-bond donors (Lipinski definition) is 28. The van der Waals surface area contributed by atoms with Gasteiger partial charge in [0.25, 0.3) is 0 Å². The van der Waals surface area contributed by atoms with Crippen LogP contribution in [0.25, 0.3) is 21.8 Å². The first-order valence-corrected chi connectivity index (χ1v) is 48.4. The van der Waals surface area contributed by atoms with Crippen molar-refractivity contribution in [3.63, 3.8) is 0 Å². The number of phenolic OH excluding ortho intramolecular Hbond substituents is 2. The molecule has 0 saturated carbocycles. The van der Waals surface area contributed by atoms with E-state index in [0.29, 0.717) is 57.9 Å². The molecule has 5 aromatic carbocycles. The molecule has 0 aliphatic carbocycles. The fourth-order valence-electron chi connectivity index (χ4n) is 16.1. The first-order valence-electron chi connectivity index (χ1n) is 47.1. The molecule has 29 N–H and O–H groups in total. The Morgan fingerprint density at radius 3 is 1.25 bits per heavy atom. The second-order valence-corrected chi connectivity index (χ2v) is 36.5. The smallest absolute Gasteiger partial charge is 0.327 e. The van der Waals surface area contributed by atoms with Crippen molar-refractivity contribution >= 4 is 165 Å². The summed E-state index contributed by atoms with van der Waals surface area (Å²) in [6.45, 7) is 6.05. The molecule has 47 nitrogen and oxygen atoms in total. The second-order valence-electron chi connectivity index (χ2n) is 35.8. The Kier molecular flexibility index (Phi) is 45.1. The number of thiol groups is 2. The fraction of sp³-hybridized carbons (Fsp3) is 0.443. The number of hydrogen-bond acceptors (Lipinski definition) is 27. The van der Waals surface area contributed by atoms with E-state index in [2.05, 4.69) is 110 Å². The molecule has 1 aliphatic rings. The summed E-state index contributed by atoms with van der Waals surface area (Å²) in [5.74, 6) is -26.0. The predicted octanol–water partition coefficient (Wildman–Crippen LogP) is -2.72. The third kappa shape index (κ3) is 36.0. The van der Waals surface area contributed by atoms with Gasteiger partial charge in [-0.05, 0) is 135 Å². The van der Waals surface area contributed by atoms with E-state index in [-0.39, 0.29) is 85.8 Å². The zero-order valence-corrected chi connectivity index (χ0v) is 82.2. The molecule has 3 heterocycles. The number of aromatic amines is 2. The highest BCUT2D eigenvalue weighted by Crippen LogP contribution is 2.26. The van der Waals surface area contributed by atoms with E-state index >= 15 is 0 Å². The van der Waals surface area contributed by atoms with Crippen LogP contribution in [0.3, 0.4) is 0 Å². The van der Waals surface area contributed by atoms with Crippen molar-refractivity contribution in [1.82, 2.24) is 89.3 Å². The average Bonchev–Trinajstić information content (AvgIpc) is 1.65. The Hall–Kier alpha value is -15.2. The number of carboxylic acid groups (broad SMARTS) is 4. The monoisotopic (exact) mass is 2070 g/mol. The average molecular weight is 2070 g/mol. The maximum Gasteiger partial charge on any atom is 0.327 e. The molecule has 16 amide bonds. The summed E-state index contributed by atoms with van der Waals surface area (Å²) in [5.41, 5.74) is 20.6. The number of aliphatic hydroxyl groups is 1. The van der Waals surface area contributed by atoms with E-state index < -0.39 is 278 Å². The number of aromatic nitrogens is 2. The van der Waals surface area contributed by atoms with Crippen molar-refractivity contribution in [3.8, 4) is 11.5 Å². The van der Waals surface area contributed by atoms with Gasteiger partial charge < -0.3 is 142 Å². The molecule has 17 atom stereocenters. The molecule has 7 aromatic rings. The summed E-state index contributed by atoms with van der Waals surface area (Å²) in [4.78, 5) is 287. The number of nitrogens with one attached hydrogen (secondary N) is 16. The van der Waals surface area contributed by atoms with Crippen molar-refractivity contribution in [3.05, 3.63) is 168 Å². The summed E-state index contributed by atoms with van der Waals surface area (Å²) in [6, 6.07) is 4.94. The number of fused-ring (bicyclic) bond motifs is 2. The van der Waals surface area contributed by atoms with Gasteiger partial charge in [-0.3, -0.25) is 91.1 Å². The molecule has 0 bridgehead atoms. The van der Waals surface area contributed by atoms with Gasteiger partial charge >= 0.3 is 23.9 Å². The number of aliphatic carboxylic acids is 4. The number of rotatable bonds is 59. The van der Waals surface area contributed by atoms with Crippen molar-refractivity contribution in [2.75, 3.05) is 24.6 Å². The quantitative estimate of drug-likeness (QED) is 0.0136. The van der Waals surface area contributed by atoms with E-state index in [1.807, 2.05) is 13.8 Å². The molecule has 0 radical (unpaired) electrons. The van der Waals surface area contributed by atoms with E-state index in [0.717, 1.165) is 18.7 Å². The number of amides is 16. The number of carboxylic acids is 4. The number of carbonyl (C=O) groups is 20. The van der Waals surface area contributed by atoms with Crippen LogP contribution < -0.4 is 91.6 Å². The highest BCUT2D eigenvalue weighted by molar-refractivity contribution is 7.80. The van der Waals surface area contributed by atoms with Crippen LogP contribution in [0.2, 0.25) is 0 Å². The molecular weight excluding hydrogens is 1940 g/mol. The normalized spacial score (nSPS) is 15.6. The predicted molar refractivity (Wildman–Crippen MR) is 532 cm³/mol. The molecule has 1 saturated heterocycles. The zero-order valence-electron chi connectivity index (χ0n) is 80.4. The number of phenols is 2. The highest BCUT2D eigenvalue weighted by Gasteiger charge is 2.44. The van der Waals surface area contributed by atoms with Crippen LogP contribution in [0.1, 0.15) is 133 Å². The lowest BCUT2D eigenvalue weighted by Crippen LogP contribution is -2.63. The first kappa shape index (κ1) is 116. The van der Waals surface area contributed by atoms with Crippen molar-refractivity contribution in [1.29, 1.82) is 0 Å². The molecule has 146 heavy (non-hydrogen) atoms. The Balaban J connectivity index is 0.994. The van der Waals surface area contributed by atoms with Crippen LogP contribution in [0, 0.1) is 5.92 Å². The minimum atomic E-state index is -2.28. The van der Waals surface area contributed by atoms with Crippen LogP contribution in [-0.2, 0) is 128 Å². The van der Waals surface area contributed by atoms with E-state index in [1.54, 1.807) is 91.3 Å². The number of nitrogens with zero attached hydrogens (tertiary/aromatic N) is 1. The van der Waals surface area contributed by atoms with Gasteiger partial charge in [0.15, 0.2) is 0 Å². The summed E-state index contributed by atoms with van der Waals surface area (Å²) in [7, 11) is 0. The Morgan fingerprint density at radius 2 is 0.795 bits per heavy atom. The van der Waals surface area contributed by atoms with Gasteiger partial charge in [-0.2, -0.15) is 25.3 Å². The second kappa shape index (κ2) is 56.7. The molecule has 1 fully saturated rings. The lowest BCUT2D eigenvalue weighted by atomic mass is 9.99. The lowest BCUT2D eigenvalue weighted by molar-refractivity contribution is -0.144. The number of likely N-dealkylation sites (tertiary alicyclic amines) is 1. The number of aromatic hydroxyl groups is 2. The molecular formula is C97H126N20O27S2. The summed E-state index contributed by atoms with van der Waals surface area (Å²) < 4.78 is 0.